The van der Waals surface area contributed by atoms with Crippen molar-refractivity contribution in [3.63, 3.8) is 0 Å². The predicted molar refractivity (Wildman–Crippen MR) is 79.3 cm³/mol. The van der Waals surface area contributed by atoms with E-state index in [1.165, 1.54) is 17.3 Å². The number of carboxylic acid groups (broad SMARTS) is 1. The van der Waals surface area contributed by atoms with Crippen LogP contribution < -0.4 is 0 Å². The van der Waals surface area contributed by atoms with Gasteiger partial charge in [-0.2, -0.15) is 9.61 Å². The van der Waals surface area contributed by atoms with Crippen LogP contribution in [0, 0.1) is 6.92 Å². The first-order chi connectivity index (χ1) is 10.1. The van der Waals surface area contributed by atoms with Gasteiger partial charge in [-0.05, 0) is 19.1 Å². The standard InChI is InChI=1S/C14H12N4O2S/c1-9-2-4-10(5-3-9)14-16-15-11-6-7-12(17-18(11)14)21-8-13(19)20/h2-7H,8H2,1H3,(H,19,20). The molecule has 21 heavy (non-hydrogen) atoms. The van der Waals surface area contributed by atoms with E-state index in [1.807, 2.05) is 31.2 Å². The van der Waals surface area contributed by atoms with Gasteiger partial charge in [0.1, 0.15) is 5.03 Å². The van der Waals surface area contributed by atoms with Gasteiger partial charge in [0.15, 0.2) is 11.5 Å². The zero-order chi connectivity index (χ0) is 14.8. The number of hydrogen-bond acceptors (Lipinski definition) is 5. The van der Waals surface area contributed by atoms with Crippen LogP contribution in [0.15, 0.2) is 41.4 Å². The number of aliphatic carboxylic acids is 1. The molecule has 106 valence electrons. The SMILES string of the molecule is Cc1ccc(-c2nnc3ccc(SCC(=O)O)nn23)cc1. The third kappa shape index (κ3) is 2.87. The molecule has 0 spiro atoms. The van der Waals surface area contributed by atoms with Gasteiger partial charge in [0, 0.05) is 5.56 Å². The summed E-state index contributed by atoms with van der Waals surface area (Å²) in [5.74, 6) is -0.257. The number of aromatic nitrogens is 4. The molecule has 0 aliphatic carbocycles. The van der Waals surface area contributed by atoms with E-state index >= 15 is 0 Å². The fourth-order valence-electron chi connectivity index (χ4n) is 1.87. The number of carboxylic acids is 1. The van der Waals surface area contributed by atoms with E-state index in [2.05, 4.69) is 15.3 Å². The fraction of sp³-hybridized carbons (Fsp3) is 0.143. The third-order valence-corrected chi connectivity index (χ3v) is 3.80. The zero-order valence-corrected chi connectivity index (χ0v) is 12.0. The van der Waals surface area contributed by atoms with Crippen molar-refractivity contribution in [2.45, 2.75) is 11.9 Å². The second-order valence-electron chi connectivity index (χ2n) is 4.51. The van der Waals surface area contributed by atoms with Crippen LogP contribution in [0.4, 0.5) is 0 Å². The lowest BCUT2D eigenvalue weighted by molar-refractivity contribution is -0.133. The second-order valence-corrected chi connectivity index (χ2v) is 5.51. The molecule has 2 aromatic heterocycles. The molecule has 0 atom stereocenters. The Morgan fingerprint density at radius 1 is 1.19 bits per heavy atom. The summed E-state index contributed by atoms with van der Waals surface area (Å²) in [6.45, 7) is 2.02. The predicted octanol–water partition coefficient (Wildman–Crippen LogP) is 2.28. The van der Waals surface area contributed by atoms with Gasteiger partial charge in [-0.1, -0.05) is 41.6 Å². The first-order valence-electron chi connectivity index (χ1n) is 6.27. The molecule has 6 nitrogen and oxygen atoms in total. The van der Waals surface area contributed by atoms with E-state index < -0.39 is 5.97 Å². The van der Waals surface area contributed by atoms with Crippen LogP contribution in [0.5, 0.6) is 0 Å². The molecule has 7 heteroatoms. The molecule has 0 unspecified atom stereocenters. The second kappa shape index (κ2) is 5.53. The number of nitrogens with zero attached hydrogens (tertiary/aromatic N) is 4. The van der Waals surface area contributed by atoms with Crippen LogP contribution in [0.1, 0.15) is 5.56 Å². The number of aryl methyl sites for hydroxylation is 1. The molecule has 0 fully saturated rings. The molecule has 1 N–H and O–H groups in total. The van der Waals surface area contributed by atoms with Crippen molar-refractivity contribution in [3.05, 3.63) is 42.0 Å². The van der Waals surface area contributed by atoms with Crippen molar-refractivity contribution in [1.29, 1.82) is 0 Å². The molecule has 1 aromatic carbocycles. The Bertz CT molecular complexity index is 798. The fourth-order valence-corrected chi connectivity index (χ4v) is 2.44. The van der Waals surface area contributed by atoms with E-state index in [-0.39, 0.29) is 5.75 Å². The summed E-state index contributed by atoms with van der Waals surface area (Å²) in [6.07, 6.45) is 0. The summed E-state index contributed by atoms with van der Waals surface area (Å²) in [7, 11) is 0. The molecule has 0 bridgehead atoms. The molecule has 0 saturated heterocycles. The van der Waals surface area contributed by atoms with Gasteiger partial charge in [-0.15, -0.1) is 10.2 Å². The molecular formula is C14H12N4O2S. The highest BCUT2D eigenvalue weighted by Gasteiger charge is 2.10. The summed E-state index contributed by atoms with van der Waals surface area (Å²) >= 11 is 1.17. The molecular weight excluding hydrogens is 288 g/mol. The normalized spacial score (nSPS) is 10.9. The highest BCUT2D eigenvalue weighted by atomic mass is 32.2. The molecule has 2 heterocycles. The quantitative estimate of drug-likeness (QED) is 0.745. The maximum atomic E-state index is 10.6. The Kier molecular flexibility index (Phi) is 3.57. The van der Waals surface area contributed by atoms with Crippen LogP contribution in [0.2, 0.25) is 0 Å². The van der Waals surface area contributed by atoms with Gasteiger partial charge in [0.2, 0.25) is 0 Å². The first kappa shape index (κ1) is 13.6. The van der Waals surface area contributed by atoms with E-state index in [4.69, 9.17) is 5.11 Å². The first-order valence-corrected chi connectivity index (χ1v) is 7.26. The Hall–Kier alpha value is -2.41. The van der Waals surface area contributed by atoms with Crippen LogP contribution >= 0.6 is 11.8 Å². The van der Waals surface area contributed by atoms with Crippen molar-refractivity contribution in [3.8, 4) is 11.4 Å². The Labute approximate surface area is 124 Å². The van der Waals surface area contributed by atoms with Gasteiger partial charge >= 0.3 is 5.97 Å². The largest absolute Gasteiger partial charge is 0.481 e. The number of benzene rings is 1. The van der Waals surface area contributed by atoms with Gasteiger partial charge < -0.3 is 5.11 Å². The third-order valence-electron chi connectivity index (χ3n) is 2.89. The summed E-state index contributed by atoms with van der Waals surface area (Å²) in [4.78, 5) is 10.6. The zero-order valence-electron chi connectivity index (χ0n) is 11.2. The van der Waals surface area contributed by atoms with Gasteiger partial charge in [-0.25, -0.2) is 0 Å². The number of thioether (sulfide) groups is 1. The van der Waals surface area contributed by atoms with Crippen molar-refractivity contribution >= 4 is 23.4 Å². The van der Waals surface area contributed by atoms with Gasteiger partial charge in [0.05, 0.1) is 5.75 Å². The number of hydrogen-bond donors (Lipinski definition) is 1. The minimum absolute atomic E-state index is 0.0273. The number of carbonyl (C=O) groups is 1. The van der Waals surface area contributed by atoms with E-state index in [9.17, 15) is 4.79 Å². The average Bonchev–Trinajstić information content (AvgIpc) is 2.89. The lowest BCUT2D eigenvalue weighted by Gasteiger charge is -2.02. The Morgan fingerprint density at radius 2 is 1.95 bits per heavy atom. The highest BCUT2D eigenvalue weighted by Crippen LogP contribution is 2.20. The van der Waals surface area contributed by atoms with Crippen LogP contribution in [-0.4, -0.2) is 36.6 Å². The smallest absolute Gasteiger partial charge is 0.313 e. The van der Waals surface area contributed by atoms with Crippen LogP contribution in [0.25, 0.3) is 17.0 Å². The number of fused-ring (bicyclic) bond motifs is 1. The van der Waals surface area contributed by atoms with Crippen LogP contribution in [0.3, 0.4) is 0 Å². The minimum atomic E-state index is -0.871. The van der Waals surface area contributed by atoms with E-state index in [0.717, 1.165) is 5.56 Å². The lowest BCUT2D eigenvalue weighted by Crippen LogP contribution is -2.00. The molecule has 3 aromatic rings. The maximum Gasteiger partial charge on any atom is 0.313 e. The Morgan fingerprint density at radius 3 is 2.67 bits per heavy atom. The highest BCUT2D eigenvalue weighted by molar-refractivity contribution is 7.99. The average molecular weight is 300 g/mol. The summed E-state index contributed by atoms with van der Waals surface area (Å²) in [5.41, 5.74) is 2.71. The number of rotatable bonds is 4. The molecule has 0 aliphatic rings. The molecule has 0 aliphatic heterocycles. The van der Waals surface area contributed by atoms with Gasteiger partial charge in [0.25, 0.3) is 0 Å². The molecule has 3 rings (SSSR count). The summed E-state index contributed by atoms with van der Waals surface area (Å²) in [6, 6.07) is 11.5. The monoisotopic (exact) mass is 300 g/mol. The summed E-state index contributed by atoms with van der Waals surface area (Å²) < 4.78 is 1.63. The molecule has 0 saturated carbocycles. The van der Waals surface area contributed by atoms with Crippen LogP contribution in [-0.2, 0) is 4.79 Å². The molecule has 0 amide bonds. The van der Waals surface area contributed by atoms with Crippen molar-refractivity contribution in [2.24, 2.45) is 0 Å². The van der Waals surface area contributed by atoms with Crippen molar-refractivity contribution in [1.82, 2.24) is 19.8 Å². The summed E-state index contributed by atoms with van der Waals surface area (Å²) in [5, 5.41) is 22.0. The van der Waals surface area contributed by atoms with Crippen molar-refractivity contribution in [2.75, 3.05) is 5.75 Å². The topological polar surface area (TPSA) is 80.4 Å². The van der Waals surface area contributed by atoms with E-state index in [0.29, 0.717) is 16.5 Å². The van der Waals surface area contributed by atoms with E-state index in [1.54, 1.807) is 16.6 Å². The Balaban J connectivity index is 2.01. The maximum absolute atomic E-state index is 10.6. The van der Waals surface area contributed by atoms with Crippen molar-refractivity contribution < 1.29 is 9.90 Å². The minimum Gasteiger partial charge on any atom is -0.481 e. The van der Waals surface area contributed by atoms with Gasteiger partial charge in [-0.3, -0.25) is 4.79 Å². The lowest BCUT2D eigenvalue weighted by atomic mass is 10.1. The molecule has 0 radical (unpaired) electrons.